The van der Waals surface area contributed by atoms with Crippen LogP contribution >= 0.6 is 11.8 Å². The summed E-state index contributed by atoms with van der Waals surface area (Å²) in [7, 11) is 0. The van der Waals surface area contributed by atoms with Crippen molar-refractivity contribution in [1.82, 2.24) is 20.2 Å². The predicted octanol–water partition coefficient (Wildman–Crippen LogP) is 2.48. The Morgan fingerprint density at radius 1 is 1.10 bits per heavy atom. The Balaban J connectivity index is 2.11. The molecule has 5 nitrogen and oxygen atoms in total. The Morgan fingerprint density at radius 3 is 2.60 bits per heavy atom. The molecule has 2 heterocycles. The van der Waals surface area contributed by atoms with E-state index in [1.165, 1.54) is 17.8 Å². The van der Waals surface area contributed by atoms with Gasteiger partial charge in [-0.2, -0.15) is 5.10 Å². The summed E-state index contributed by atoms with van der Waals surface area (Å²) < 4.78 is 0. The van der Waals surface area contributed by atoms with Crippen LogP contribution in [0.15, 0.2) is 45.3 Å². The Hall–Kier alpha value is -2.21. The average molecular weight is 284 g/mol. The van der Waals surface area contributed by atoms with E-state index in [1.807, 2.05) is 31.2 Å². The lowest BCUT2D eigenvalue weighted by Gasteiger charge is -2.06. The van der Waals surface area contributed by atoms with Crippen LogP contribution in [0, 0.1) is 13.8 Å². The lowest BCUT2D eigenvalue weighted by Crippen LogP contribution is -2.08. The number of hydrogen-bond acceptors (Lipinski definition) is 5. The summed E-state index contributed by atoms with van der Waals surface area (Å²) in [5, 5.41) is 11.7. The van der Waals surface area contributed by atoms with E-state index in [-0.39, 0.29) is 5.56 Å². The molecule has 1 aromatic carbocycles. The van der Waals surface area contributed by atoms with Crippen molar-refractivity contribution < 1.29 is 0 Å². The van der Waals surface area contributed by atoms with E-state index in [9.17, 15) is 4.79 Å². The molecule has 0 amide bonds. The van der Waals surface area contributed by atoms with Gasteiger partial charge in [0, 0.05) is 22.5 Å². The second-order valence-electron chi connectivity index (χ2n) is 4.43. The molecule has 100 valence electrons. The fourth-order valence-electron chi connectivity index (χ4n) is 1.98. The first-order valence-electron chi connectivity index (χ1n) is 6.11. The zero-order valence-electron chi connectivity index (χ0n) is 11.0. The summed E-state index contributed by atoms with van der Waals surface area (Å²) in [6.45, 7) is 3.72. The Bertz CT molecular complexity index is 844. The van der Waals surface area contributed by atoms with Crippen molar-refractivity contribution in [2.24, 2.45) is 0 Å². The van der Waals surface area contributed by atoms with E-state index in [0.717, 1.165) is 21.5 Å². The molecule has 0 unspecified atom stereocenters. The maximum absolute atomic E-state index is 11.5. The Labute approximate surface area is 119 Å². The van der Waals surface area contributed by atoms with Crippen molar-refractivity contribution in [3.63, 3.8) is 0 Å². The van der Waals surface area contributed by atoms with Gasteiger partial charge in [-0.3, -0.25) is 4.79 Å². The lowest BCUT2D eigenvalue weighted by atomic mass is 10.1. The number of benzene rings is 1. The summed E-state index contributed by atoms with van der Waals surface area (Å²) in [5.41, 5.74) is 1.40. The minimum Gasteiger partial charge on any atom is -0.301 e. The number of fused-ring (bicyclic) bond motifs is 1. The summed E-state index contributed by atoms with van der Waals surface area (Å²) in [5.74, 6) is 0. The lowest BCUT2D eigenvalue weighted by molar-refractivity contribution is 0.887. The van der Waals surface area contributed by atoms with Crippen LogP contribution < -0.4 is 5.56 Å². The maximum atomic E-state index is 11.5. The van der Waals surface area contributed by atoms with Crippen molar-refractivity contribution >= 4 is 22.5 Å². The first-order valence-corrected chi connectivity index (χ1v) is 6.93. The zero-order chi connectivity index (χ0) is 14.1. The largest absolute Gasteiger partial charge is 0.301 e. The highest BCUT2D eigenvalue weighted by atomic mass is 32.2. The summed E-state index contributed by atoms with van der Waals surface area (Å²) >= 11 is 1.31. The molecule has 0 saturated heterocycles. The second kappa shape index (κ2) is 5.05. The van der Waals surface area contributed by atoms with Gasteiger partial charge in [0.2, 0.25) is 0 Å². The summed E-state index contributed by atoms with van der Waals surface area (Å²) in [6, 6.07) is 9.39. The third-order valence-corrected chi connectivity index (χ3v) is 3.76. The average Bonchev–Trinajstić information content (AvgIpc) is 2.41. The molecular weight excluding hydrogens is 272 g/mol. The topological polar surface area (TPSA) is 71.5 Å². The molecule has 20 heavy (non-hydrogen) atoms. The van der Waals surface area contributed by atoms with Gasteiger partial charge in [0.15, 0.2) is 5.16 Å². The number of nitrogens with one attached hydrogen (secondary N) is 1. The molecule has 2 aromatic heterocycles. The zero-order valence-corrected chi connectivity index (χ0v) is 11.9. The molecule has 0 saturated carbocycles. The van der Waals surface area contributed by atoms with Gasteiger partial charge in [-0.25, -0.2) is 4.98 Å². The van der Waals surface area contributed by atoms with Gasteiger partial charge in [0.05, 0.1) is 5.69 Å². The number of aryl methyl sites for hydroxylation is 2. The highest BCUT2D eigenvalue weighted by molar-refractivity contribution is 7.99. The molecule has 0 atom stereocenters. The molecule has 0 spiro atoms. The molecule has 0 aliphatic heterocycles. The predicted molar refractivity (Wildman–Crippen MR) is 78.0 cm³/mol. The monoisotopic (exact) mass is 284 g/mol. The SMILES string of the molecule is Cc1cc(=O)[nH]c(Sc2nnc(C)c3ccccc23)n1. The van der Waals surface area contributed by atoms with Crippen molar-refractivity contribution in [2.75, 3.05) is 0 Å². The normalized spacial score (nSPS) is 10.9. The minimum absolute atomic E-state index is 0.163. The number of H-pyrrole nitrogens is 1. The summed E-state index contributed by atoms with van der Waals surface area (Å²) in [4.78, 5) is 18.5. The molecule has 3 aromatic rings. The molecular formula is C14H12N4OS. The van der Waals surface area contributed by atoms with E-state index in [0.29, 0.717) is 10.9 Å². The van der Waals surface area contributed by atoms with Gasteiger partial charge in [-0.15, -0.1) is 5.10 Å². The highest BCUT2D eigenvalue weighted by Crippen LogP contribution is 2.29. The van der Waals surface area contributed by atoms with Crippen LogP contribution in [0.3, 0.4) is 0 Å². The second-order valence-corrected chi connectivity index (χ2v) is 5.41. The molecule has 0 radical (unpaired) electrons. The van der Waals surface area contributed by atoms with Crippen LogP contribution in [0.25, 0.3) is 10.8 Å². The number of aromatic nitrogens is 4. The minimum atomic E-state index is -0.163. The van der Waals surface area contributed by atoms with E-state index in [1.54, 1.807) is 6.92 Å². The molecule has 6 heteroatoms. The van der Waals surface area contributed by atoms with Crippen LogP contribution in [0.2, 0.25) is 0 Å². The van der Waals surface area contributed by atoms with Crippen molar-refractivity contribution in [2.45, 2.75) is 24.0 Å². The molecule has 0 aliphatic rings. The number of rotatable bonds is 2. The summed E-state index contributed by atoms with van der Waals surface area (Å²) in [6.07, 6.45) is 0. The van der Waals surface area contributed by atoms with Gasteiger partial charge >= 0.3 is 0 Å². The Kier molecular flexibility index (Phi) is 3.23. The smallest absolute Gasteiger partial charge is 0.251 e. The molecule has 0 bridgehead atoms. The van der Waals surface area contributed by atoms with Crippen molar-refractivity contribution in [3.8, 4) is 0 Å². The van der Waals surface area contributed by atoms with E-state index < -0.39 is 0 Å². The van der Waals surface area contributed by atoms with Crippen molar-refractivity contribution in [3.05, 3.63) is 52.1 Å². The highest BCUT2D eigenvalue weighted by Gasteiger charge is 2.09. The van der Waals surface area contributed by atoms with Crippen LogP contribution in [0.1, 0.15) is 11.4 Å². The maximum Gasteiger partial charge on any atom is 0.251 e. The Morgan fingerprint density at radius 2 is 1.85 bits per heavy atom. The molecule has 1 N–H and O–H groups in total. The number of nitrogens with zero attached hydrogens (tertiary/aromatic N) is 3. The third kappa shape index (κ3) is 2.42. The van der Waals surface area contributed by atoms with E-state index >= 15 is 0 Å². The van der Waals surface area contributed by atoms with Gasteiger partial charge in [0.25, 0.3) is 5.56 Å². The van der Waals surface area contributed by atoms with Crippen LogP contribution in [0.5, 0.6) is 0 Å². The van der Waals surface area contributed by atoms with Gasteiger partial charge in [-0.05, 0) is 25.6 Å². The fraction of sp³-hybridized carbons (Fsp3) is 0.143. The number of hydrogen-bond donors (Lipinski definition) is 1. The fourth-order valence-corrected chi connectivity index (χ4v) is 2.87. The van der Waals surface area contributed by atoms with Gasteiger partial charge < -0.3 is 4.98 Å². The third-order valence-electron chi connectivity index (χ3n) is 2.88. The first-order chi connectivity index (χ1) is 9.63. The molecule has 0 fully saturated rings. The first kappa shape index (κ1) is 12.8. The molecule has 0 aliphatic carbocycles. The van der Waals surface area contributed by atoms with Crippen LogP contribution in [0.4, 0.5) is 0 Å². The number of aromatic amines is 1. The standard InChI is InChI=1S/C14H12N4OS/c1-8-7-12(19)16-14(15-8)20-13-11-6-4-3-5-10(11)9(2)17-18-13/h3-7H,1-2H3,(H,15,16,19). The van der Waals surface area contributed by atoms with Crippen LogP contribution in [-0.2, 0) is 0 Å². The van der Waals surface area contributed by atoms with E-state index in [4.69, 9.17) is 0 Å². The van der Waals surface area contributed by atoms with Gasteiger partial charge in [-0.1, -0.05) is 24.3 Å². The van der Waals surface area contributed by atoms with E-state index in [2.05, 4.69) is 20.2 Å². The molecule has 3 rings (SSSR count). The van der Waals surface area contributed by atoms with Gasteiger partial charge in [0.1, 0.15) is 5.03 Å². The van der Waals surface area contributed by atoms with Crippen molar-refractivity contribution in [1.29, 1.82) is 0 Å². The van der Waals surface area contributed by atoms with Crippen LogP contribution in [-0.4, -0.2) is 20.2 Å². The quantitative estimate of drug-likeness (QED) is 0.732.